The van der Waals surface area contributed by atoms with Gasteiger partial charge in [0.15, 0.2) is 11.5 Å². The predicted molar refractivity (Wildman–Crippen MR) is 120 cm³/mol. The van der Waals surface area contributed by atoms with Crippen LogP contribution in [0.25, 0.3) is 16.7 Å². The summed E-state index contributed by atoms with van der Waals surface area (Å²) in [5.74, 6) is 1.39. The van der Waals surface area contributed by atoms with E-state index in [1.807, 2.05) is 54.8 Å². The van der Waals surface area contributed by atoms with Gasteiger partial charge in [0.05, 0.1) is 24.4 Å². The molecule has 0 spiro atoms. The summed E-state index contributed by atoms with van der Waals surface area (Å²) < 4.78 is 8.06. The summed E-state index contributed by atoms with van der Waals surface area (Å²) in [5, 5.41) is 10.7. The fourth-order valence-electron chi connectivity index (χ4n) is 2.77. The van der Waals surface area contributed by atoms with Crippen LogP contribution in [0.2, 0.25) is 0 Å². The Morgan fingerprint density at radius 3 is 2.55 bits per heavy atom. The monoisotopic (exact) mass is 468 g/mol. The van der Waals surface area contributed by atoms with E-state index in [4.69, 9.17) is 9.84 Å². The summed E-state index contributed by atoms with van der Waals surface area (Å²) in [4.78, 5) is 8.82. The van der Waals surface area contributed by atoms with Crippen LogP contribution >= 0.6 is 27.7 Å². The molecular formula is C20H17BrN6OS. The first-order valence-corrected chi connectivity index (χ1v) is 10.7. The number of hydrazone groups is 1. The highest BCUT2D eigenvalue weighted by molar-refractivity contribution is 9.10. The number of anilines is 1. The third-order valence-electron chi connectivity index (χ3n) is 4.20. The van der Waals surface area contributed by atoms with Gasteiger partial charge in [-0.1, -0.05) is 28.1 Å². The van der Waals surface area contributed by atoms with Crippen molar-refractivity contribution in [3.63, 3.8) is 0 Å². The number of halogens is 1. The summed E-state index contributed by atoms with van der Waals surface area (Å²) in [6.45, 7) is 0. The van der Waals surface area contributed by atoms with E-state index in [0.29, 0.717) is 11.5 Å². The number of benzene rings is 2. The van der Waals surface area contributed by atoms with E-state index in [1.165, 1.54) is 18.1 Å². The van der Waals surface area contributed by atoms with Crippen molar-refractivity contribution in [1.82, 2.24) is 19.7 Å². The fourth-order valence-corrected chi connectivity index (χ4v) is 3.59. The molecule has 1 N–H and O–H groups in total. The highest BCUT2D eigenvalue weighted by Gasteiger charge is 2.17. The maximum Gasteiger partial charge on any atom is 0.169 e. The van der Waals surface area contributed by atoms with Crippen LogP contribution in [0.3, 0.4) is 0 Å². The van der Waals surface area contributed by atoms with Crippen molar-refractivity contribution in [2.75, 3.05) is 18.8 Å². The van der Waals surface area contributed by atoms with Gasteiger partial charge in [-0.25, -0.2) is 14.6 Å². The molecule has 4 aromatic rings. The topological polar surface area (TPSA) is 77.2 Å². The smallest absolute Gasteiger partial charge is 0.169 e. The highest BCUT2D eigenvalue weighted by atomic mass is 79.9. The van der Waals surface area contributed by atoms with Crippen LogP contribution in [-0.4, -0.2) is 39.3 Å². The second-order valence-corrected chi connectivity index (χ2v) is 7.67. The van der Waals surface area contributed by atoms with Crippen molar-refractivity contribution in [3.05, 3.63) is 64.9 Å². The number of hydrogen-bond acceptors (Lipinski definition) is 7. The molecule has 2 aromatic carbocycles. The lowest BCUT2D eigenvalue weighted by atomic mass is 10.2. The number of hydrogen-bond donors (Lipinski definition) is 1. The summed E-state index contributed by atoms with van der Waals surface area (Å²) in [6, 6.07) is 15.5. The van der Waals surface area contributed by atoms with E-state index >= 15 is 0 Å². The molecule has 7 nitrogen and oxygen atoms in total. The standard InChI is InChI=1S/C20H17BrN6OS/c1-28-16-9-7-15(8-10-16)27-19-17(20(26-27)29-2)18(22-12-23-19)25-24-11-13-3-5-14(21)6-4-13/h3-12H,1-2H3,(H,22,23,25)/b24-11+. The Bertz CT molecular complexity index is 1160. The average molecular weight is 469 g/mol. The fraction of sp³-hybridized carbons (Fsp3) is 0.100. The third kappa shape index (κ3) is 4.10. The highest BCUT2D eigenvalue weighted by Crippen LogP contribution is 2.31. The second kappa shape index (κ2) is 8.62. The van der Waals surface area contributed by atoms with Crippen LogP contribution in [0.4, 0.5) is 5.82 Å². The Hall–Kier alpha value is -2.91. The van der Waals surface area contributed by atoms with E-state index in [0.717, 1.165) is 31.9 Å². The molecule has 0 atom stereocenters. The lowest BCUT2D eigenvalue weighted by molar-refractivity contribution is 0.414. The summed E-state index contributed by atoms with van der Waals surface area (Å²) >= 11 is 4.96. The van der Waals surface area contributed by atoms with E-state index < -0.39 is 0 Å². The van der Waals surface area contributed by atoms with Gasteiger partial charge in [-0.3, -0.25) is 5.43 Å². The summed E-state index contributed by atoms with van der Waals surface area (Å²) in [6.07, 6.45) is 5.22. The molecule has 0 aliphatic heterocycles. The van der Waals surface area contributed by atoms with Crippen LogP contribution in [0, 0.1) is 0 Å². The van der Waals surface area contributed by atoms with Gasteiger partial charge in [0.1, 0.15) is 17.1 Å². The molecule has 0 aliphatic rings. The summed E-state index contributed by atoms with van der Waals surface area (Å²) in [7, 11) is 1.64. The van der Waals surface area contributed by atoms with Crippen molar-refractivity contribution >= 4 is 50.8 Å². The van der Waals surface area contributed by atoms with Crippen molar-refractivity contribution < 1.29 is 4.74 Å². The van der Waals surface area contributed by atoms with Gasteiger partial charge in [0, 0.05) is 4.47 Å². The number of thioether (sulfide) groups is 1. The van der Waals surface area contributed by atoms with Gasteiger partial charge in [-0.2, -0.15) is 10.2 Å². The van der Waals surface area contributed by atoms with Gasteiger partial charge < -0.3 is 4.74 Å². The average Bonchev–Trinajstić information content (AvgIpc) is 3.15. The first-order valence-electron chi connectivity index (χ1n) is 8.66. The van der Waals surface area contributed by atoms with Crippen molar-refractivity contribution in [3.8, 4) is 11.4 Å². The molecule has 2 heterocycles. The van der Waals surface area contributed by atoms with Crippen LogP contribution < -0.4 is 10.2 Å². The first kappa shape index (κ1) is 19.4. The Morgan fingerprint density at radius 2 is 1.86 bits per heavy atom. The molecule has 0 bridgehead atoms. The molecule has 0 unspecified atom stereocenters. The molecule has 0 amide bonds. The van der Waals surface area contributed by atoms with Gasteiger partial charge in [0.25, 0.3) is 0 Å². The maximum absolute atomic E-state index is 5.24. The number of ether oxygens (including phenoxy) is 1. The molecule has 2 aromatic heterocycles. The predicted octanol–water partition coefficient (Wildman–Crippen LogP) is 4.75. The second-order valence-electron chi connectivity index (χ2n) is 5.96. The quantitative estimate of drug-likeness (QED) is 0.249. The van der Waals surface area contributed by atoms with Crippen molar-refractivity contribution in [1.29, 1.82) is 0 Å². The number of methoxy groups -OCH3 is 1. The lowest BCUT2D eigenvalue weighted by Gasteiger charge is -2.05. The molecule has 0 radical (unpaired) electrons. The third-order valence-corrected chi connectivity index (χ3v) is 5.40. The molecule has 0 saturated heterocycles. The van der Waals surface area contributed by atoms with Crippen LogP contribution in [0.5, 0.6) is 5.75 Å². The van der Waals surface area contributed by atoms with Crippen molar-refractivity contribution in [2.45, 2.75) is 5.03 Å². The largest absolute Gasteiger partial charge is 0.497 e. The van der Waals surface area contributed by atoms with E-state index in [2.05, 4.69) is 36.4 Å². The van der Waals surface area contributed by atoms with Crippen LogP contribution in [0.1, 0.15) is 5.56 Å². The minimum absolute atomic E-state index is 0.604. The minimum atomic E-state index is 0.604. The Balaban J connectivity index is 1.70. The van der Waals surface area contributed by atoms with Gasteiger partial charge in [-0.15, -0.1) is 11.8 Å². The Kier molecular flexibility index (Phi) is 5.77. The van der Waals surface area contributed by atoms with Gasteiger partial charge in [-0.05, 0) is 48.2 Å². The molecular weight excluding hydrogens is 452 g/mol. The summed E-state index contributed by atoms with van der Waals surface area (Å²) in [5.41, 5.74) is 5.60. The van der Waals surface area contributed by atoms with Crippen LogP contribution in [0.15, 0.2) is 69.5 Å². The molecule has 0 saturated carbocycles. The van der Waals surface area contributed by atoms with Gasteiger partial charge in [0.2, 0.25) is 0 Å². The Morgan fingerprint density at radius 1 is 1.10 bits per heavy atom. The molecule has 9 heteroatoms. The number of nitrogens with one attached hydrogen (secondary N) is 1. The SMILES string of the molecule is COc1ccc(-n2nc(SC)c3c(N/N=C/c4ccc(Br)cc4)ncnc32)cc1. The first-order chi connectivity index (χ1) is 14.2. The normalized spacial score (nSPS) is 11.3. The van der Waals surface area contributed by atoms with Crippen LogP contribution in [-0.2, 0) is 0 Å². The maximum atomic E-state index is 5.24. The molecule has 0 aliphatic carbocycles. The minimum Gasteiger partial charge on any atom is -0.497 e. The number of rotatable bonds is 6. The number of fused-ring (bicyclic) bond motifs is 1. The van der Waals surface area contributed by atoms with Gasteiger partial charge >= 0.3 is 0 Å². The zero-order chi connectivity index (χ0) is 20.2. The molecule has 4 rings (SSSR count). The molecule has 0 fully saturated rings. The molecule has 29 heavy (non-hydrogen) atoms. The zero-order valence-electron chi connectivity index (χ0n) is 15.7. The Labute approximate surface area is 180 Å². The lowest BCUT2D eigenvalue weighted by Crippen LogP contribution is -1.99. The number of aromatic nitrogens is 4. The van der Waals surface area contributed by atoms with E-state index in [9.17, 15) is 0 Å². The number of nitrogens with zero attached hydrogens (tertiary/aromatic N) is 5. The molecule has 146 valence electrons. The van der Waals surface area contributed by atoms with Crippen molar-refractivity contribution in [2.24, 2.45) is 5.10 Å². The van der Waals surface area contributed by atoms with E-state index in [-0.39, 0.29) is 0 Å². The zero-order valence-corrected chi connectivity index (χ0v) is 18.1. The van der Waals surface area contributed by atoms with E-state index in [1.54, 1.807) is 18.0 Å².